The molecule has 1 spiro atoms. The molecule has 3 aromatic carbocycles. The fourth-order valence-electron chi connectivity index (χ4n) is 5.72. The molecular weight excluding hydrogens is 510 g/mol. The number of rotatable bonds is 4. The maximum absolute atomic E-state index is 14.0. The van der Waals surface area contributed by atoms with Gasteiger partial charge in [-0.1, -0.05) is 54.1 Å². The van der Waals surface area contributed by atoms with Crippen LogP contribution in [-0.4, -0.2) is 41.6 Å². The molecule has 0 unspecified atom stereocenters. The summed E-state index contributed by atoms with van der Waals surface area (Å²) >= 11 is 6.46. The van der Waals surface area contributed by atoms with Gasteiger partial charge in [-0.05, 0) is 37.3 Å². The first-order chi connectivity index (χ1) is 18.3. The number of carbonyl (C=O) groups is 5. The van der Waals surface area contributed by atoms with Crippen LogP contribution in [0.1, 0.15) is 49.7 Å². The Bertz CT molecular complexity index is 1510. The van der Waals surface area contributed by atoms with Gasteiger partial charge in [-0.15, -0.1) is 0 Å². The Morgan fingerprint density at radius 2 is 1.50 bits per heavy atom. The molecule has 2 amide bonds. The molecule has 6 rings (SSSR count). The maximum Gasteiger partial charge on any atom is 0.338 e. The predicted molar refractivity (Wildman–Crippen MR) is 135 cm³/mol. The van der Waals surface area contributed by atoms with Gasteiger partial charge in [-0.3, -0.25) is 19.2 Å². The number of amides is 2. The number of nitrogens with zero attached hydrogens (tertiary/aromatic N) is 1. The Hall–Kier alpha value is -4.14. The van der Waals surface area contributed by atoms with Crippen molar-refractivity contribution in [1.29, 1.82) is 0 Å². The molecule has 2 fully saturated rings. The van der Waals surface area contributed by atoms with Crippen LogP contribution in [0.4, 0.5) is 5.69 Å². The molecule has 3 aromatic rings. The lowest BCUT2D eigenvalue weighted by atomic mass is 9.77. The van der Waals surface area contributed by atoms with Gasteiger partial charge in [0.25, 0.3) is 0 Å². The van der Waals surface area contributed by atoms with Crippen LogP contribution in [-0.2, 0) is 19.1 Å². The molecule has 2 aliphatic heterocycles. The number of hydrogen-bond donors (Lipinski definition) is 0. The highest BCUT2D eigenvalue weighted by Gasteiger charge is 2.74. The molecule has 9 heteroatoms. The number of anilines is 1. The fourth-order valence-corrected chi connectivity index (χ4v) is 5.96. The Kier molecular flexibility index (Phi) is 5.55. The molecule has 0 saturated carbocycles. The summed E-state index contributed by atoms with van der Waals surface area (Å²) in [6, 6.07) is 18.7. The van der Waals surface area contributed by atoms with Crippen LogP contribution in [0.15, 0.2) is 72.8 Å². The van der Waals surface area contributed by atoms with Crippen molar-refractivity contribution in [3.8, 4) is 0 Å². The highest BCUT2D eigenvalue weighted by molar-refractivity contribution is 6.37. The quantitative estimate of drug-likeness (QED) is 0.283. The normalized spacial score (nSPS) is 23.2. The molecule has 0 bridgehead atoms. The van der Waals surface area contributed by atoms with E-state index >= 15 is 0 Å². The smallest absolute Gasteiger partial charge is 0.338 e. The average Bonchev–Trinajstić information content (AvgIpc) is 3.49. The van der Waals surface area contributed by atoms with Crippen molar-refractivity contribution in [1.82, 2.24) is 0 Å². The van der Waals surface area contributed by atoms with Crippen LogP contribution in [0, 0.1) is 11.8 Å². The van der Waals surface area contributed by atoms with Gasteiger partial charge in [-0.2, -0.15) is 0 Å². The Morgan fingerprint density at radius 1 is 0.895 bits per heavy atom. The predicted octanol–water partition coefficient (Wildman–Crippen LogP) is 4.21. The summed E-state index contributed by atoms with van der Waals surface area (Å²) in [6.45, 7) is 1.88. The summed E-state index contributed by atoms with van der Waals surface area (Å²) in [5.74, 6) is -5.76. The lowest BCUT2D eigenvalue weighted by Gasteiger charge is -2.27. The van der Waals surface area contributed by atoms with Crippen molar-refractivity contribution >= 4 is 46.6 Å². The minimum atomic E-state index is -2.19. The molecule has 3 atom stereocenters. The van der Waals surface area contributed by atoms with E-state index < -0.39 is 52.9 Å². The highest BCUT2D eigenvalue weighted by atomic mass is 35.5. The Morgan fingerprint density at radius 3 is 2.11 bits per heavy atom. The number of halogens is 1. The SMILES string of the molecule is CCOC(=O)c1ccc(N2C(=O)[C@H]3[C@@H](c4ccccc4Cl)OC4(C(=O)c5ccccc5C4=O)[C@H]3C2=O)cc1. The maximum atomic E-state index is 14.0. The molecule has 2 heterocycles. The summed E-state index contributed by atoms with van der Waals surface area (Å²) < 4.78 is 11.2. The lowest BCUT2D eigenvalue weighted by molar-refractivity contribution is -0.127. The number of esters is 1. The summed E-state index contributed by atoms with van der Waals surface area (Å²) in [4.78, 5) is 68.5. The first kappa shape index (κ1) is 24.2. The second-order valence-electron chi connectivity index (χ2n) is 9.28. The largest absolute Gasteiger partial charge is 0.462 e. The number of ether oxygens (including phenoxy) is 2. The van der Waals surface area contributed by atoms with E-state index in [1.54, 1.807) is 43.3 Å². The highest BCUT2D eigenvalue weighted by Crippen LogP contribution is 2.58. The number of carbonyl (C=O) groups excluding carboxylic acids is 5. The van der Waals surface area contributed by atoms with Crippen molar-refractivity contribution in [2.45, 2.75) is 18.6 Å². The minimum absolute atomic E-state index is 0.147. The standard InChI is InChI=1S/C29H20ClNO7/c1-2-37-28(36)15-11-13-16(14-12-15)31-26(34)21-22(27(31)35)29(38-23(21)19-9-5-6-10-20(19)30)24(32)17-7-3-4-8-18(17)25(29)33/h3-14,21-23H,2H2,1H3/t21-,22-,23-/m1/s1. The third kappa shape index (κ3) is 3.17. The minimum Gasteiger partial charge on any atom is -0.462 e. The first-order valence-electron chi connectivity index (χ1n) is 12.1. The summed E-state index contributed by atoms with van der Waals surface area (Å²) in [6.07, 6.45) is -1.11. The van der Waals surface area contributed by atoms with Crippen molar-refractivity contribution in [2.24, 2.45) is 11.8 Å². The zero-order chi connectivity index (χ0) is 26.8. The monoisotopic (exact) mass is 529 g/mol. The van der Waals surface area contributed by atoms with Crippen LogP contribution < -0.4 is 4.90 Å². The van der Waals surface area contributed by atoms with Crippen LogP contribution in [0.3, 0.4) is 0 Å². The number of ketones is 2. The van der Waals surface area contributed by atoms with Crippen molar-refractivity contribution in [3.05, 3.63) is 100 Å². The zero-order valence-electron chi connectivity index (χ0n) is 20.1. The third-order valence-electron chi connectivity index (χ3n) is 7.37. The van der Waals surface area contributed by atoms with Crippen molar-refractivity contribution in [2.75, 3.05) is 11.5 Å². The first-order valence-corrected chi connectivity index (χ1v) is 12.4. The van der Waals surface area contributed by atoms with Gasteiger partial charge >= 0.3 is 5.97 Å². The van der Waals surface area contributed by atoms with E-state index in [-0.39, 0.29) is 34.0 Å². The number of imide groups is 1. The third-order valence-corrected chi connectivity index (χ3v) is 7.71. The van der Waals surface area contributed by atoms with E-state index in [2.05, 4.69) is 0 Å². The van der Waals surface area contributed by atoms with E-state index in [0.29, 0.717) is 5.56 Å². The van der Waals surface area contributed by atoms with Crippen molar-refractivity contribution < 1.29 is 33.4 Å². The number of benzene rings is 3. The van der Waals surface area contributed by atoms with E-state index in [9.17, 15) is 24.0 Å². The molecule has 0 radical (unpaired) electrons. The lowest BCUT2D eigenvalue weighted by Crippen LogP contribution is -2.51. The van der Waals surface area contributed by atoms with Gasteiger partial charge in [0.1, 0.15) is 0 Å². The van der Waals surface area contributed by atoms with Gasteiger partial charge in [0.15, 0.2) is 0 Å². The average molecular weight is 530 g/mol. The molecule has 2 saturated heterocycles. The zero-order valence-corrected chi connectivity index (χ0v) is 20.8. The molecule has 1 aliphatic carbocycles. The second-order valence-corrected chi connectivity index (χ2v) is 9.69. The summed E-state index contributed by atoms with van der Waals surface area (Å²) in [7, 11) is 0. The van der Waals surface area contributed by atoms with Crippen LogP contribution in [0.25, 0.3) is 0 Å². The number of fused-ring (bicyclic) bond motifs is 3. The van der Waals surface area contributed by atoms with Gasteiger partial charge in [0.2, 0.25) is 29.0 Å². The van der Waals surface area contributed by atoms with Gasteiger partial charge in [0.05, 0.1) is 35.8 Å². The van der Waals surface area contributed by atoms with E-state index in [1.165, 1.54) is 36.4 Å². The van der Waals surface area contributed by atoms with Gasteiger partial charge in [-0.25, -0.2) is 9.69 Å². The number of Topliss-reactive ketones (excluding diaryl/α,β-unsaturated/α-hetero) is 2. The summed E-state index contributed by atoms with van der Waals surface area (Å²) in [5, 5.41) is 0.279. The van der Waals surface area contributed by atoms with Gasteiger partial charge < -0.3 is 9.47 Å². The fraction of sp³-hybridized carbons (Fsp3) is 0.207. The molecular formula is C29H20ClNO7. The second kappa shape index (κ2) is 8.72. The number of hydrogen-bond acceptors (Lipinski definition) is 7. The van der Waals surface area contributed by atoms with Crippen LogP contribution >= 0.6 is 11.6 Å². The molecule has 8 nitrogen and oxygen atoms in total. The molecule has 190 valence electrons. The molecule has 0 N–H and O–H groups in total. The Balaban J connectivity index is 1.48. The molecule has 3 aliphatic rings. The van der Waals surface area contributed by atoms with Crippen LogP contribution in [0.2, 0.25) is 5.02 Å². The van der Waals surface area contributed by atoms with Gasteiger partial charge in [0, 0.05) is 21.7 Å². The van der Waals surface area contributed by atoms with Crippen molar-refractivity contribution in [3.63, 3.8) is 0 Å². The van der Waals surface area contributed by atoms with E-state index in [0.717, 1.165) is 4.90 Å². The summed E-state index contributed by atoms with van der Waals surface area (Å²) in [5.41, 5.74) is -1.05. The molecule has 38 heavy (non-hydrogen) atoms. The van der Waals surface area contributed by atoms with Crippen LogP contribution in [0.5, 0.6) is 0 Å². The topological polar surface area (TPSA) is 107 Å². The van der Waals surface area contributed by atoms with E-state index in [4.69, 9.17) is 21.1 Å². The molecule has 0 aromatic heterocycles. The van der Waals surface area contributed by atoms with E-state index in [1.807, 2.05) is 0 Å². The Labute approximate surface area is 222 Å².